The molecule has 3 rings (SSSR count). The van der Waals surface area contributed by atoms with Crippen molar-refractivity contribution in [3.63, 3.8) is 0 Å². The molecule has 1 atom stereocenters. The summed E-state index contributed by atoms with van der Waals surface area (Å²) in [6, 6.07) is 7.39. The number of nitrogens with zero attached hydrogens (tertiary/aromatic N) is 2. The summed E-state index contributed by atoms with van der Waals surface area (Å²) >= 11 is 1.17. The average molecular weight is 351 g/mol. The predicted octanol–water partition coefficient (Wildman–Crippen LogP) is 1.44. The molecular formula is C15H17N3O5S. The van der Waals surface area contributed by atoms with Crippen molar-refractivity contribution in [2.24, 2.45) is 0 Å². The quantitative estimate of drug-likeness (QED) is 0.591. The summed E-state index contributed by atoms with van der Waals surface area (Å²) in [5.74, 6) is 1.72. The number of carbonyl (C=O) groups excluding carboxylic acids is 1. The Hall–Kier alpha value is -2.26. The van der Waals surface area contributed by atoms with Crippen LogP contribution in [0.25, 0.3) is 0 Å². The normalized spacial score (nSPS) is 16.0. The monoisotopic (exact) mass is 351 g/mol. The molecule has 0 radical (unpaired) electrons. The van der Waals surface area contributed by atoms with Gasteiger partial charge in [-0.1, -0.05) is 23.9 Å². The van der Waals surface area contributed by atoms with Crippen molar-refractivity contribution in [2.75, 3.05) is 32.6 Å². The first-order valence-electron chi connectivity index (χ1n) is 7.36. The summed E-state index contributed by atoms with van der Waals surface area (Å²) in [6.07, 6.45) is -0.461. The smallest absolute Gasteiger partial charge is 0.277 e. The van der Waals surface area contributed by atoms with E-state index in [1.54, 1.807) is 7.11 Å². The third kappa shape index (κ3) is 4.18. The maximum atomic E-state index is 11.6. The number of methoxy groups -OCH3 is 1. The molecule has 1 aromatic heterocycles. The Bertz CT molecular complexity index is 693. The van der Waals surface area contributed by atoms with Gasteiger partial charge in [0.2, 0.25) is 12.0 Å². The summed E-state index contributed by atoms with van der Waals surface area (Å²) in [4.78, 5) is 11.6. The highest BCUT2D eigenvalue weighted by molar-refractivity contribution is 7.99. The molecule has 9 heteroatoms. The lowest BCUT2D eigenvalue weighted by atomic mass is 10.2. The highest BCUT2D eigenvalue weighted by Gasteiger charge is 2.27. The number of hydrogen-bond donors (Lipinski definition) is 1. The number of benzene rings is 1. The summed E-state index contributed by atoms with van der Waals surface area (Å²) in [5.41, 5.74) is 0. The summed E-state index contributed by atoms with van der Waals surface area (Å²) in [5, 5.41) is 10.9. The second-order valence-corrected chi connectivity index (χ2v) is 5.83. The maximum absolute atomic E-state index is 11.6. The molecule has 1 aliphatic rings. The standard InChI is InChI=1S/C15H17N3O5S/c1-20-7-6-16-13(19)9-24-15-18-17-14(23-15)12-8-21-10-4-2-3-5-11(10)22-12/h2-5,12H,6-9H2,1H3,(H,16,19)/t12-/m0/s1. The van der Waals surface area contributed by atoms with Crippen molar-refractivity contribution in [3.8, 4) is 11.5 Å². The van der Waals surface area contributed by atoms with E-state index in [0.29, 0.717) is 42.4 Å². The minimum absolute atomic E-state index is 0.122. The molecule has 2 aromatic rings. The van der Waals surface area contributed by atoms with Gasteiger partial charge in [-0.05, 0) is 12.1 Å². The van der Waals surface area contributed by atoms with Crippen LogP contribution in [0.5, 0.6) is 11.5 Å². The molecule has 0 spiro atoms. The topological polar surface area (TPSA) is 95.7 Å². The van der Waals surface area contributed by atoms with Gasteiger partial charge in [-0.2, -0.15) is 0 Å². The Kier molecular flexibility index (Phi) is 5.55. The molecule has 1 aliphatic heterocycles. The molecule has 0 fully saturated rings. The van der Waals surface area contributed by atoms with Crippen molar-refractivity contribution in [1.29, 1.82) is 0 Å². The lowest BCUT2D eigenvalue weighted by molar-refractivity contribution is -0.118. The fourth-order valence-corrected chi connectivity index (χ4v) is 2.62. The number of para-hydroxylation sites is 2. The third-order valence-corrected chi connectivity index (χ3v) is 3.98. The fraction of sp³-hybridized carbons (Fsp3) is 0.400. The van der Waals surface area contributed by atoms with Gasteiger partial charge in [0.25, 0.3) is 11.1 Å². The van der Waals surface area contributed by atoms with Crippen molar-refractivity contribution >= 4 is 17.7 Å². The first-order chi connectivity index (χ1) is 11.8. The van der Waals surface area contributed by atoms with E-state index in [0.717, 1.165) is 0 Å². The number of nitrogens with one attached hydrogen (secondary N) is 1. The zero-order valence-corrected chi connectivity index (χ0v) is 13.9. The molecule has 0 aliphatic carbocycles. The van der Waals surface area contributed by atoms with Gasteiger partial charge in [-0.3, -0.25) is 4.79 Å². The SMILES string of the molecule is COCCNC(=O)CSc1nnc([C@@H]2COc3ccccc3O2)o1. The molecule has 0 unspecified atom stereocenters. The number of amides is 1. The first kappa shape index (κ1) is 16.6. The second-order valence-electron chi connectivity index (χ2n) is 4.90. The Morgan fingerprint density at radius 1 is 1.38 bits per heavy atom. The van der Waals surface area contributed by atoms with Crippen LogP contribution < -0.4 is 14.8 Å². The third-order valence-electron chi connectivity index (χ3n) is 3.16. The Balaban J connectivity index is 1.52. The Labute approximate surface area is 142 Å². The Morgan fingerprint density at radius 2 is 2.21 bits per heavy atom. The van der Waals surface area contributed by atoms with Gasteiger partial charge in [0.05, 0.1) is 12.4 Å². The molecule has 0 saturated heterocycles. The van der Waals surface area contributed by atoms with E-state index in [9.17, 15) is 4.79 Å². The lowest BCUT2D eigenvalue weighted by Crippen LogP contribution is -2.28. The van der Waals surface area contributed by atoms with E-state index in [4.69, 9.17) is 18.6 Å². The average Bonchev–Trinajstić information content (AvgIpc) is 3.09. The Morgan fingerprint density at radius 3 is 3.04 bits per heavy atom. The van der Waals surface area contributed by atoms with Crippen LogP contribution in [0.4, 0.5) is 0 Å². The molecular weight excluding hydrogens is 334 g/mol. The van der Waals surface area contributed by atoms with Crippen molar-refractivity contribution in [3.05, 3.63) is 30.2 Å². The molecule has 1 amide bonds. The highest BCUT2D eigenvalue weighted by atomic mass is 32.2. The van der Waals surface area contributed by atoms with E-state index in [-0.39, 0.29) is 11.7 Å². The van der Waals surface area contributed by atoms with Crippen LogP contribution in [0.3, 0.4) is 0 Å². The number of carbonyl (C=O) groups is 1. The van der Waals surface area contributed by atoms with Crippen LogP contribution in [-0.2, 0) is 9.53 Å². The zero-order valence-electron chi connectivity index (χ0n) is 13.1. The summed E-state index contributed by atoms with van der Waals surface area (Å²) < 4.78 is 21.8. The number of aromatic nitrogens is 2. The van der Waals surface area contributed by atoms with Gasteiger partial charge in [-0.25, -0.2) is 0 Å². The van der Waals surface area contributed by atoms with E-state index in [1.807, 2.05) is 24.3 Å². The van der Waals surface area contributed by atoms with E-state index >= 15 is 0 Å². The highest BCUT2D eigenvalue weighted by Crippen LogP contribution is 2.35. The van der Waals surface area contributed by atoms with Gasteiger partial charge in [0.15, 0.2) is 11.5 Å². The molecule has 1 N–H and O–H groups in total. The molecule has 0 bridgehead atoms. The maximum Gasteiger partial charge on any atom is 0.277 e. The zero-order chi connectivity index (χ0) is 16.8. The number of rotatable bonds is 7. The summed E-state index contributed by atoms with van der Waals surface area (Å²) in [7, 11) is 1.58. The van der Waals surface area contributed by atoms with Crippen molar-refractivity contribution in [1.82, 2.24) is 15.5 Å². The molecule has 1 aromatic carbocycles. The largest absolute Gasteiger partial charge is 0.485 e. The summed E-state index contributed by atoms with van der Waals surface area (Å²) in [6.45, 7) is 1.24. The number of ether oxygens (including phenoxy) is 3. The fourth-order valence-electron chi connectivity index (χ4n) is 2.02. The second kappa shape index (κ2) is 8.02. The van der Waals surface area contributed by atoms with Gasteiger partial charge in [-0.15, -0.1) is 10.2 Å². The van der Waals surface area contributed by atoms with Crippen LogP contribution in [-0.4, -0.2) is 48.7 Å². The van der Waals surface area contributed by atoms with Gasteiger partial charge >= 0.3 is 0 Å². The number of thioether (sulfide) groups is 1. The van der Waals surface area contributed by atoms with Gasteiger partial charge < -0.3 is 23.9 Å². The van der Waals surface area contributed by atoms with Crippen LogP contribution in [0.2, 0.25) is 0 Å². The molecule has 24 heavy (non-hydrogen) atoms. The number of fused-ring (bicyclic) bond motifs is 1. The van der Waals surface area contributed by atoms with Crippen molar-refractivity contribution in [2.45, 2.75) is 11.3 Å². The van der Waals surface area contributed by atoms with E-state index < -0.39 is 6.10 Å². The predicted molar refractivity (Wildman–Crippen MR) is 85.2 cm³/mol. The molecule has 2 heterocycles. The molecule has 128 valence electrons. The first-order valence-corrected chi connectivity index (χ1v) is 8.35. The van der Waals surface area contributed by atoms with Crippen LogP contribution in [0.1, 0.15) is 12.0 Å². The minimum atomic E-state index is -0.461. The minimum Gasteiger partial charge on any atom is -0.485 e. The number of hydrogen-bond acceptors (Lipinski definition) is 8. The van der Waals surface area contributed by atoms with Crippen LogP contribution in [0, 0.1) is 0 Å². The van der Waals surface area contributed by atoms with Gasteiger partial charge in [0, 0.05) is 13.7 Å². The molecule has 0 saturated carbocycles. The van der Waals surface area contributed by atoms with Crippen LogP contribution in [0.15, 0.2) is 33.9 Å². The lowest BCUT2D eigenvalue weighted by Gasteiger charge is -2.23. The van der Waals surface area contributed by atoms with Gasteiger partial charge in [0.1, 0.15) is 6.61 Å². The molecule has 8 nitrogen and oxygen atoms in total. The van der Waals surface area contributed by atoms with Crippen molar-refractivity contribution < 1.29 is 23.4 Å². The van der Waals surface area contributed by atoms with E-state index in [1.165, 1.54) is 11.8 Å². The van der Waals surface area contributed by atoms with Crippen LogP contribution >= 0.6 is 11.8 Å². The van der Waals surface area contributed by atoms with E-state index in [2.05, 4.69) is 15.5 Å².